The fraction of sp³-hybridized carbons (Fsp3) is 0.294. The zero-order valence-corrected chi connectivity index (χ0v) is 14.3. The molecule has 2 aromatic rings. The molecule has 21 heavy (non-hydrogen) atoms. The molecule has 0 heterocycles. The third-order valence-corrected chi connectivity index (χ3v) is 6.28. The average molecular weight is 302 g/mol. The van der Waals surface area contributed by atoms with Crippen molar-refractivity contribution in [3.63, 3.8) is 0 Å². The van der Waals surface area contributed by atoms with Crippen molar-refractivity contribution in [2.45, 2.75) is 0 Å². The van der Waals surface area contributed by atoms with Gasteiger partial charge in [-0.1, -0.05) is 0 Å². The minimum atomic E-state index is -2.53. The highest BCUT2D eigenvalue weighted by atomic mass is 31.2. The number of hydrogen-bond acceptors (Lipinski definition) is 3. The van der Waals surface area contributed by atoms with Gasteiger partial charge >= 0.3 is 0 Å². The summed E-state index contributed by atoms with van der Waals surface area (Å²) in [7, 11) is 5.47. The Kier molecular flexibility index (Phi) is 4.43. The molecule has 0 aliphatic carbocycles. The van der Waals surface area contributed by atoms with Crippen LogP contribution in [0.25, 0.3) is 0 Å². The Morgan fingerprint density at radius 1 is 0.667 bits per heavy atom. The second-order valence-corrected chi connectivity index (χ2v) is 8.63. The van der Waals surface area contributed by atoms with Crippen LogP contribution in [-0.4, -0.2) is 34.9 Å². The second kappa shape index (κ2) is 5.95. The molecule has 112 valence electrons. The summed E-state index contributed by atoms with van der Waals surface area (Å²) in [6.45, 7) is 1.84. The van der Waals surface area contributed by atoms with Gasteiger partial charge in [0.15, 0.2) is 0 Å². The van der Waals surface area contributed by atoms with Gasteiger partial charge in [0.05, 0.1) is 0 Å². The van der Waals surface area contributed by atoms with Crippen LogP contribution >= 0.6 is 7.14 Å². The van der Waals surface area contributed by atoms with E-state index in [2.05, 4.69) is 0 Å². The minimum absolute atomic E-state index is 0.894. The van der Waals surface area contributed by atoms with Crippen LogP contribution < -0.4 is 20.4 Å². The van der Waals surface area contributed by atoms with Crippen LogP contribution in [-0.2, 0) is 4.57 Å². The van der Waals surface area contributed by atoms with E-state index in [4.69, 9.17) is 0 Å². The van der Waals surface area contributed by atoms with Crippen LogP contribution in [0.2, 0.25) is 0 Å². The van der Waals surface area contributed by atoms with Crippen molar-refractivity contribution in [3.05, 3.63) is 48.5 Å². The highest BCUT2D eigenvalue weighted by Gasteiger charge is 2.21. The molecule has 0 unspecified atom stereocenters. The molecule has 0 saturated carbocycles. The summed E-state index contributed by atoms with van der Waals surface area (Å²) in [6, 6.07) is 15.9. The van der Waals surface area contributed by atoms with Crippen LogP contribution in [0.5, 0.6) is 0 Å². The third kappa shape index (κ3) is 3.30. The fourth-order valence-electron chi connectivity index (χ4n) is 2.22. The van der Waals surface area contributed by atoms with Crippen molar-refractivity contribution in [3.8, 4) is 0 Å². The van der Waals surface area contributed by atoms with Gasteiger partial charge in [-0.2, -0.15) is 0 Å². The summed E-state index contributed by atoms with van der Waals surface area (Å²) in [5.74, 6) is 0. The first kappa shape index (κ1) is 15.7. The van der Waals surface area contributed by atoms with Gasteiger partial charge in [-0.15, -0.1) is 0 Å². The van der Waals surface area contributed by atoms with E-state index in [1.807, 2.05) is 93.2 Å². The normalized spacial score (nSPS) is 11.3. The maximum absolute atomic E-state index is 13.2. The van der Waals surface area contributed by atoms with Crippen molar-refractivity contribution in [2.24, 2.45) is 0 Å². The number of nitrogens with zero attached hydrogens (tertiary/aromatic N) is 2. The number of anilines is 2. The van der Waals surface area contributed by atoms with E-state index >= 15 is 0 Å². The maximum Gasteiger partial charge on any atom is 0.140 e. The lowest BCUT2D eigenvalue weighted by atomic mass is 10.3. The number of benzene rings is 2. The van der Waals surface area contributed by atoms with Crippen molar-refractivity contribution in [1.82, 2.24) is 0 Å². The first-order valence-electron chi connectivity index (χ1n) is 6.96. The Hall–Kier alpha value is -1.73. The molecule has 0 radical (unpaired) electrons. The van der Waals surface area contributed by atoms with Gasteiger partial charge in [0, 0.05) is 50.2 Å². The molecule has 0 spiro atoms. The quantitative estimate of drug-likeness (QED) is 0.811. The van der Waals surface area contributed by atoms with Gasteiger partial charge in [0.1, 0.15) is 7.14 Å². The fourth-order valence-corrected chi connectivity index (χ4v) is 3.95. The summed E-state index contributed by atoms with van der Waals surface area (Å²) in [5, 5.41) is 1.79. The summed E-state index contributed by atoms with van der Waals surface area (Å²) < 4.78 is 13.2. The van der Waals surface area contributed by atoms with E-state index in [9.17, 15) is 4.57 Å². The molecule has 0 fully saturated rings. The lowest BCUT2D eigenvalue weighted by Gasteiger charge is -2.18. The first-order chi connectivity index (χ1) is 9.82. The Morgan fingerprint density at radius 2 is 0.952 bits per heavy atom. The van der Waals surface area contributed by atoms with Crippen molar-refractivity contribution < 1.29 is 4.57 Å². The molecule has 0 atom stereocenters. The largest absolute Gasteiger partial charge is 0.378 e. The van der Waals surface area contributed by atoms with E-state index in [1.54, 1.807) is 0 Å². The molecular weight excluding hydrogens is 279 g/mol. The summed E-state index contributed by atoms with van der Waals surface area (Å²) in [5.41, 5.74) is 2.23. The predicted molar refractivity (Wildman–Crippen MR) is 94.3 cm³/mol. The molecule has 0 amide bonds. The minimum Gasteiger partial charge on any atom is -0.378 e. The topological polar surface area (TPSA) is 23.6 Å². The SMILES string of the molecule is CN(C)c1ccc(P(C)(=O)c2ccc(N(C)C)cc2)cc1. The molecule has 0 aliphatic heterocycles. The molecule has 0 bridgehead atoms. The van der Waals surface area contributed by atoms with Crippen molar-refractivity contribution in [1.29, 1.82) is 0 Å². The lowest BCUT2D eigenvalue weighted by Crippen LogP contribution is -2.17. The molecule has 0 N–H and O–H groups in total. The van der Waals surface area contributed by atoms with Gasteiger partial charge in [-0.3, -0.25) is 0 Å². The predicted octanol–water partition coefficient (Wildman–Crippen LogP) is 2.76. The Balaban J connectivity index is 2.34. The zero-order chi connectivity index (χ0) is 15.6. The van der Waals surface area contributed by atoms with E-state index < -0.39 is 7.14 Å². The van der Waals surface area contributed by atoms with Crippen LogP contribution in [0.15, 0.2) is 48.5 Å². The van der Waals surface area contributed by atoms with Crippen LogP contribution in [0.1, 0.15) is 0 Å². The van der Waals surface area contributed by atoms with E-state index in [1.165, 1.54) is 0 Å². The third-order valence-electron chi connectivity index (χ3n) is 3.72. The zero-order valence-electron chi connectivity index (χ0n) is 13.4. The Labute approximate surface area is 127 Å². The number of rotatable bonds is 4. The molecule has 0 aliphatic rings. The summed E-state index contributed by atoms with van der Waals surface area (Å²) >= 11 is 0. The standard InChI is InChI=1S/C17H23N2OP/c1-18(2)14-6-10-16(11-7-14)21(5,20)17-12-8-15(9-13-17)19(3)4/h6-13H,1-5H3. The lowest BCUT2D eigenvalue weighted by molar-refractivity contribution is 0.590. The van der Waals surface area contributed by atoms with Gasteiger partial charge in [0.25, 0.3) is 0 Å². The van der Waals surface area contributed by atoms with Crippen molar-refractivity contribution in [2.75, 3.05) is 44.7 Å². The van der Waals surface area contributed by atoms with E-state index in [-0.39, 0.29) is 0 Å². The molecular formula is C17H23N2OP. The molecule has 2 aromatic carbocycles. The van der Waals surface area contributed by atoms with Crippen molar-refractivity contribution >= 4 is 29.1 Å². The van der Waals surface area contributed by atoms with Crippen LogP contribution in [0, 0.1) is 0 Å². The first-order valence-corrected chi connectivity index (χ1v) is 9.11. The van der Waals surface area contributed by atoms with Gasteiger partial charge in [0.2, 0.25) is 0 Å². The highest BCUT2D eigenvalue weighted by Crippen LogP contribution is 2.39. The summed E-state index contributed by atoms with van der Waals surface area (Å²) in [4.78, 5) is 4.08. The highest BCUT2D eigenvalue weighted by molar-refractivity contribution is 7.78. The molecule has 0 saturated heterocycles. The number of hydrogen-bond donors (Lipinski definition) is 0. The monoisotopic (exact) mass is 302 g/mol. The smallest absolute Gasteiger partial charge is 0.140 e. The Morgan fingerprint density at radius 3 is 1.19 bits per heavy atom. The molecule has 4 heteroatoms. The van der Waals surface area contributed by atoms with Gasteiger partial charge in [-0.05, 0) is 55.2 Å². The van der Waals surface area contributed by atoms with Crippen LogP contribution in [0.4, 0.5) is 11.4 Å². The molecule has 2 rings (SSSR count). The van der Waals surface area contributed by atoms with Gasteiger partial charge in [-0.25, -0.2) is 0 Å². The summed E-state index contributed by atoms with van der Waals surface area (Å²) in [6.07, 6.45) is 0. The van der Waals surface area contributed by atoms with E-state index in [0.29, 0.717) is 0 Å². The Bertz CT molecular complexity index is 590. The second-order valence-electron chi connectivity index (χ2n) is 5.75. The van der Waals surface area contributed by atoms with E-state index in [0.717, 1.165) is 22.0 Å². The molecule has 3 nitrogen and oxygen atoms in total. The average Bonchev–Trinajstić information content (AvgIpc) is 2.47. The molecule has 0 aromatic heterocycles. The van der Waals surface area contributed by atoms with Crippen LogP contribution in [0.3, 0.4) is 0 Å². The maximum atomic E-state index is 13.2. The van der Waals surface area contributed by atoms with Gasteiger partial charge < -0.3 is 14.4 Å².